The van der Waals surface area contributed by atoms with E-state index in [4.69, 9.17) is 9.84 Å². The van der Waals surface area contributed by atoms with E-state index in [2.05, 4.69) is 4.98 Å². The van der Waals surface area contributed by atoms with Crippen LogP contribution >= 0.6 is 0 Å². The van der Waals surface area contributed by atoms with Crippen molar-refractivity contribution in [2.75, 3.05) is 14.1 Å². The maximum atomic E-state index is 12.0. The normalized spacial score (nSPS) is 14.1. The highest BCUT2D eigenvalue weighted by atomic mass is 16.5. The van der Waals surface area contributed by atoms with Gasteiger partial charge in [0.15, 0.2) is 5.69 Å². The number of hydrogen-bond acceptors (Lipinski definition) is 4. The van der Waals surface area contributed by atoms with Crippen LogP contribution in [0, 0.1) is 0 Å². The first kappa shape index (κ1) is 12.3. The van der Waals surface area contributed by atoms with E-state index in [1.807, 2.05) is 0 Å². The van der Waals surface area contributed by atoms with Crippen LogP contribution in [-0.4, -0.2) is 47.1 Å². The molecule has 1 aliphatic rings. The molecule has 0 saturated heterocycles. The average Bonchev–Trinajstić information content (AvgIpc) is 3.11. The largest absolute Gasteiger partial charge is 0.489 e. The molecule has 0 atom stereocenters. The number of amides is 1. The zero-order valence-electron chi connectivity index (χ0n) is 10.2. The summed E-state index contributed by atoms with van der Waals surface area (Å²) < 4.78 is 5.57. The third-order valence-corrected chi connectivity index (χ3v) is 2.55. The zero-order valence-corrected chi connectivity index (χ0v) is 10.2. The third-order valence-electron chi connectivity index (χ3n) is 2.55. The van der Waals surface area contributed by atoms with Crippen molar-refractivity contribution < 1.29 is 19.4 Å². The van der Waals surface area contributed by atoms with Crippen LogP contribution in [-0.2, 0) is 0 Å². The summed E-state index contributed by atoms with van der Waals surface area (Å²) in [7, 11) is 3.11. The van der Waals surface area contributed by atoms with Gasteiger partial charge in [-0.05, 0) is 18.9 Å². The van der Waals surface area contributed by atoms with E-state index in [1.165, 1.54) is 17.2 Å². The maximum Gasteiger partial charge on any atom is 0.355 e. The van der Waals surface area contributed by atoms with Crippen molar-refractivity contribution in [3.8, 4) is 5.75 Å². The highest BCUT2D eigenvalue weighted by Gasteiger charge is 2.29. The van der Waals surface area contributed by atoms with Gasteiger partial charge in [-0.3, -0.25) is 4.79 Å². The summed E-state index contributed by atoms with van der Waals surface area (Å²) in [6.07, 6.45) is 3.29. The van der Waals surface area contributed by atoms with Crippen LogP contribution in [0.5, 0.6) is 5.75 Å². The fraction of sp³-hybridized carbons (Fsp3) is 0.417. The number of nitrogens with zero attached hydrogens (tertiary/aromatic N) is 2. The molecule has 96 valence electrons. The van der Waals surface area contributed by atoms with Crippen LogP contribution < -0.4 is 4.74 Å². The first-order chi connectivity index (χ1) is 8.50. The molecule has 2 rings (SSSR count). The lowest BCUT2D eigenvalue weighted by atomic mass is 10.1. The number of pyridine rings is 1. The van der Waals surface area contributed by atoms with Crippen LogP contribution in [0.4, 0.5) is 0 Å². The van der Waals surface area contributed by atoms with Crippen LogP contribution in [0.25, 0.3) is 0 Å². The fourth-order valence-electron chi connectivity index (χ4n) is 1.50. The number of carboxylic acids is 1. The molecule has 0 aliphatic heterocycles. The van der Waals surface area contributed by atoms with Crippen molar-refractivity contribution in [3.63, 3.8) is 0 Å². The minimum absolute atomic E-state index is 0.0156. The van der Waals surface area contributed by atoms with Gasteiger partial charge in [-0.15, -0.1) is 0 Å². The van der Waals surface area contributed by atoms with Crippen LogP contribution in [0.3, 0.4) is 0 Å². The molecule has 0 radical (unpaired) electrons. The molecule has 1 fully saturated rings. The van der Waals surface area contributed by atoms with Gasteiger partial charge in [0, 0.05) is 20.3 Å². The lowest BCUT2D eigenvalue weighted by molar-refractivity contribution is 0.0676. The van der Waals surface area contributed by atoms with Gasteiger partial charge in [-0.2, -0.15) is 0 Å². The van der Waals surface area contributed by atoms with Gasteiger partial charge in [0.05, 0.1) is 6.10 Å². The number of hydrogen-bond donors (Lipinski definition) is 1. The van der Waals surface area contributed by atoms with Crippen molar-refractivity contribution in [1.29, 1.82) is 0 Å². The Kier molecular flexibility index (Phi) is 3.18. The second-order valence-electron chi connectivity index (χ2n) is 4.35. The van der Waals surface area contributed by atoms with Gasteiger partial charge in [-0.25, -0.2) is 9.78 Å². The Hall–Kier alpha value is -2.11. The Morgan fingerprint density at radius 3 is 2.61 bits per heavy atom. The Balaban J connectivity index is 2.47. The second-order valence-corrected chi connectivity index (χ2v) is 4.35. The standard InChI is InChI=1S/C12H14N2O4/c1-14(2)11(15)9-8(18-7-3-4-7)5-6-13-10(9)12(16)17/h5-7H,3-4H2,1-2H3,(H,16,17). The summed E-state index contributed by atoms with van der Waals surface area (Å²) >= 11 is 0. The molecule has 6 heteroatoms. The second kappa shape index (κ2) is 4.64. The van der Waals surface area contributed by atoms with E-state index in [0.717, 1.165) is 12.8 Å². The van der Waals surface area contributed by atoms with Crippen molar-refractivity contribution in [3.05, 3.63) is 23.5 Å². The molecule has 0 unspecified atom stereocenters. The summed E-state index contributed by atoms with van der Waals surface area (Å²) in [5.74, 6) is -1.36. The van der Waals surface area contributed by atoms with E-state index in [1.54, 1.807) is 14.1 Å². The molecule has 0 spiro atoms. The molecule has 0 aromatic carbocycles. The summed E-state index contributed by atoms with van der Waals surface area (Å²) in [6.45, 7) is 0. The SMILES string of the molecule is CN(C)C(=O)c1c(OC2CC2)ccnc1C(=O)O. The molecular weight excluding hydrogens is 236 g/mol. The Labute approximate surface area is 104 Å². The highest BCUT2D eigenvalue weighted by molar-refractivity contribution is 6.05. The van der Waals surface area contributed by atoms with Gasteiger partial charge in [0.25, 0.3) is 5.91 Å². The third kappa shape index (κ3) is 2.42. The summed E-state index contributed by atoms with van der Waals surface area (Å²) in [6, 6.07) is 1.53. The number of aromatic carboxylic acids is 1. The van der Waals surface area contributed by atoms with E-state index in [-0.39, 0.29) is 17.4 Å². The lowest BCUT2D eigenvalue weighted by Gasteiger charge is -2.15. The van der Waals surface area contributed by atoms with E-state index < -0.39 is 11.9 Å². The van der Waals surface area contributed by atoms with Crippen molar-refractivity contribution in [2.24, 2.45) is 0 Å². The minimum Gasteiger partial charge on any atom is -0.489 e. The summed E-state index contributed by atoms with van der Waals surface area (Å²) in [5, 5.41) is 9.08. The Bertz CT molecular complexity index is 495. The Morgan fingerprint density at radius 2 is 2.11 bits per heavy atom. The molecule has 0 bridgehead atoms. The predicted molar refractivity (Wildman–Crippen MR) is 62.9 cm³/mol. The molecule has 1 aliphatic carbocycles. The van der Waals surface area contributed by atoms with Crippen molar-refractivity contribution in [1.82, 2.24) is 9.88 Å². The number of carbonyl (C=O) groups is 2. The molecule has 18 heavy (non-hydrogen) atoms. The molecule has 6 nitrogen and oxygen atoms in total. The van der Waals surface area contributed by atoms with Gasteiger partial charge >= 0.3 is 5.97 Å². The zero-order chi connectivity index (χ0) is 13.3. The fourth-order valence-corrected chi connectivity index (χ4v) is 1.50. The molecule has 1 aromatic heterocycles. The van der Waals surface area contributed by atoms with Gasteiger partial charge < -0.3 is 14.7 Å². The topological polar surface area (TPSA) is 79.7 Å². The minimum atomic E-state index is -1.23. The van der Waals surface area contributed by atoms with E-state index in [0.29, 0.717) is 5.75 Å². The highest BCUT2D eigenvalue weighted by Crippen LogP contribution is 2.30. The van der Waals surface area contributed by atoms with E-state index in [9.17, 15) is 9.59 Å². The lowest BCUT2D eigenvalue weighted by Crippen LogP contribution is -2.25. The maximum absolute atomic E-state index is 12.0. The molecule has 1 aromatic rings. The predicted octanol–water partition coefficient (Wildman–Crippen LogP) is 1.02. The molecule has 1 N–H and O–H groups in total. The number of aromatic nitrogens is 1. The summed E-state index contributed by atoms with van der Waals surface area (Å²) in [4.78, 5) is 28.2. The molecule has 1 saturated carbocycles. The molecular formula is C12H14N2O4. The van der Waals surface area contributed by atoms with Gasteiger partial charge in [-0.1, -0.05) is 0 Å². The average molecular weight is 250 g/mol. The van der Waals surface area contributed by atoms with Crippen LogP contribution in [0.1, 0.15) is 33.7 Å². The summed E-state index contributed by atoms with van der Waals surface area (Å²) in [5.41, 5.74) is -0.256. The van der Waals surface area contributed by atoms with Gasteiger partial charge in [0.1, 0.15) is 11.3 Å². The Morgan fingerprint density at radius 1 is 1.44 bits per heavy atom. The molecule has 1 heterocycles. The van der Waals surface area contributed by atoms with Crippen LogP contribution in [0.2, 0.25) is 0 Å². The number of rotatable bonds is 4. The van der Waals surface area contributed by atoms with Crippen molar-refractivity contribution in [2.45, 2.75) is 18.9 Å². The number of carboxylic acid groups (broad SMARTS) is 1. The van der Waals surface area contributed by atoms with Crippen LogP contribution in [0.15, 0.2) is 12.3 Å². The smallest absolute Gasteiger partial charge is 0.355 e. The van der Waals surface area contributed by atoms with E-state index >= 15 is 0 Å². The monoisotopic (exact) mass is 250 g/mol. The molecule has 1 amide bonds. The first-order valence-corrected chi connectivity index (χ1v) is 5.61. The van der Waals surface area contributed by atoms with Gasteiger partial charge in [0.2, 0.25) is 0 Å². The van der Waals surface area contributed by atoms with Crippen molar-refractivity contribution >= 4 is 11.9 Å². The quantitative estimate of drug-likeness (QED) is 0.863. The number of carbonyl (C=O) groups excluding carboxylic acids is 1. The first-order valence-electron chi connectivity index (χ1n) is 5.61. The number of ether oxygens (including phenoxy) is 1.